The Labute approximate surface area is 262 Å². The Morgan fingerprint density at radius 1 is 0.978 bits per heavy atom. The predicted molar refractivity (Wildman–Crippen MR) is 176 cm³/mol. The zero-order valence-corrected chi connectivity index (χ0v) is 26.1. The molecule has 1 aliphatic heterocycles. The van der Waals surface area contributed by atoms with Crippen LogP contribution in [-0.2, 0) is 11.8 Å². The molecule has 11 nitrogen and oxygen atoms in total. The number of carbonyl (C=O) groups excluding carboxylic acids is 1. The Morgan fingerprint density at radius 3 is 2.44 bits per heavy atom. The van der Waals surface area contributed by atoms with E-state index in [9.17, 15) is 19.7 Å². The number of para-hydroxylation sites is 2. The van der Waals surface area contributed by atoms with Gasteiger partial charge in [-0.2, -0.15) is 5.10 Å². The van der Waals surface area contributed by atoms with Gasteiger partial charge in [-0.25, -0.2) is 14.4 Å². The maximum Gasteiger partial charge on any atom is 0.297 e. The first kappa shape index (κ1) is 29.7. The monoisotopic (exact) mass is 621 g/mol. The first-order chi connectivity index (χ1) is 21.7. The van der Waals surface area contributed by atoms with Gasteiger partial charge in [-0.05, 0) is 37.5 Å². The van der Waals surface area contributed by atoms with E-state index in [1.165, 1.54) is 28.1 Å². The summed E-state index contributed by atoms with van der Waals surface area (Å²) in [6, 6.07) is 23.0. The molecule has 3 aromatic carbocycles. The van der Waals surface area contributed by atoms with Crippen LogP contribution in [0.15, 0.2) is 99.1 Å². The summed E-state index contributed by atoms with van der Waals surface area (Å²) in [5.41, 5.74) is 3.87. The van der Waals surface area contributed by atoms with Crippen molar-refractivity contribution in [1.29, 1.82) is 0 Å². The van der Waals surface area contributed by atoms with Crippen LogP contribution < -0.4 is 15.3 Å². The highest BCUT2D eigenvalue weighted by molar-refractivity contribution is 7.07. The number of amides is 1. The fourth-order valence-electron chi connectivity index (χ4n) is 5.30. The number of nitro benzene ring substituents is 1. The molecule has 1 aliphatic rings. The number of carbonyl (C=O) groups is 1. The van der Waals surface area contributed by atoms with Gasteiger partial charge in [0.25, 0.3) is 17.2 Å². The summed E-state index contributed by atoms with van der Waals surface area (Å²) in [5, 5.41) is 18.3. The number of hydrogen-bond acceptors (Lipinski definition) is 7. The Hall–Kier alpha value is -5.36. The van der Waals surface area contributed by atoms with Gasteiger partial charge < -0.3 is 4.90 Å². The third kappa shape index (κ3) is 5.44. The molecule has 0 radical (unpaired) electrons. The number of rotatable bonds is 8. The summed E-state index contributed by atoms with van der Waals surface area (Å²) in [7, 11) is 1.79. The molecule has 5 aromatic rings. The Kier molecular flexibility index (Phi) is 7.90. The Bertz CT molecular complexity index is 2100. The fraction of sp³-hybridized carbons (Fsp3) is 0.212. The van der Waals surface area contributed by atoms with Gasteiger partial charge in [-0.15, -0.1) is 11.3 Å². The van der Waals surface area contributed by atoms with Crippen molar-refractivity contribution in [2.75, 3.05) is 11.4 Å². The van der Waals surface area contributed by atoms with E-state index in [-0.39, 0.29) is 28.6 Å². The van der Waals surface area contributed by atoms with Crippen molar-refractivity contribution in [3.05, 3.63) is 121 Å². The van der Waals surface area contributed by atoms with E-state index in [2.05, 4.69) is 13.8 Å². The lowest BCUT2D eigenvalue weighted by Crippen LogP contribution is -2.32. The van der Waals surface area contributed by atoms with E-state index in [0.717, 1.165) is 12.1 Å². The number of aromatic nitrogens is 3. The molecule has 0 bridgehead atoms. The largest absolute Gasteiger partial charge is 0.306 e. The van der Waals surface area contributed by atoms with Gasteiger partial charge in [0.15, 0.2) is 11.4 Å². The molecule has 6 rings (SSSR count). The predicted octanol–water partition coefficient (Wildman–Crippen LogP) is 5.80. The molecule has 2 aromatic heterocycles. The average molecular weight is 622 g/mol. The molecule has 1 amide bonds. The second kappa shape index (κ2) is 12.0. The molecule has 0 fully saturated rings. The standard InChI is InChI=1S/C33H31N7O4S/c1-21(2)17-18-37-27-16-9-8-15-26(27)30(31(37)41)35-38-28(23-11-10-14-25(19-23)40(43)44)20-45-33(38)34-29-22(3)36(4)39(32(29)42)24-12-6-5-7-13-24/h5-16,19-21H,17-18H2,1-4H3. The normalized spacial score (nSPS) is 14.2. The van der Waals surface area contributed by atoms with Crippen LogP contribution in [0.3, 0.4) is 0 Å². The number of fused-ring (bicyclic) bond motifs is 1. The van der Waals surface area contributed by atoms with Crippen molar-refractivity contribution in [3.8, 4) is 16.9 Å². The third-order valence-corrected chi connectivity index (χ3v) is 8.61. The van der Waals surface area contributed by atoms with Crippen LogP contribution in [0.1, 0.15) is 31.5 Å². The Morgan fingerprint density at radius 2 is 1.71 bits per heavy atom. The quantitative estimate of drug-likeness (QED) is 0.161. The molecule has 45 heavy (non-hydrogen) atoms. The number of anilines is 1. The lowest BCUT2D eigenvalue weighted by Gasteiger charge is -2.17. The SMILES string of the molecule is Cc1c(N=c2scc(-c3cccc([N+](=O)[O-])c3)n2N=C2C(=O)N(CCC(C)C)c3ccccc32)c(=O)n(-c2ccccc2)n1C. The number of hydrogen-bond donors (Lipinski definition) is 0. The Balaban J connectivity index is 1.58. The smallest absolute Gasteiger partial charge is 0.297 e. The van der Waals surface area contributed by atoms with Crippen molar-refractivity contribution < 1.29 is 9.72 Å². The highest BCUT2D eigenvalue weighted by Crippen LogP contribution is 2.31. The number of non-ortho nitro benzene ring substituents is 1. The van der Waals surface area contributed by atoms with Gasteiger partial charge in [0.1, 0.15) is 0 Å². The second-order valence-electron chi connectivity index (χ2n) is 11.1. The van der Waals surface area contributed by atoms with Crippen molar-refractivity contribution >= 4 is 40.0 Å². The van der Waals surface area contributed by atoms with Gasteiger partial charge in [-0.1, -0.05) is 62.4 Å². The summed E-state index contributed by atoms with van der Waals surface area (Å²) in [6.07, 6.45) is 0.819. The second-order valence-corrected chi connectivity index (χ2v) is 12.0. The van der Waals surface area contributed by atoms with E-state index in [1.807, 2.05) is 61.5 Å². The third-order valence-electron chi connectivity index (χ3n) is 7.80. The maximum absolute atomic E-state index is 13.9. The highest BCUT2D eigenvalue weighted by Gasteiger charge is 2.34. The van der Waals surface area contributed by atoms with Crippen molar-refractivity contribution in [2.45, 2.75) is 27.2 Å². The van der Waals surface area contributed by atoms with Crippen LogP contribution in [0.4, 0.5) is 17.1 Å². The van der Waals surface area contributed by atoms with Crippen LogP contribution in [0.25, 0.3) is 16.9 Å². The molecule has 3 heterocycles. The molecule has 0 aliphatic carbocycles. The highest BCUT2D eigenvalue weighted by atomic mass is 32.1. The molecule has 0 atom stereocenters. The number of nitrogens with zero attached hydrogens (tertiary/aromatic N) is 7. The van der Waals surface area contributed by atoms with Gasteiger partial charge in [-0.3, -0.25) is 24.4 Å². The molecule has 0 unspecified atom stereocenters. The van der Waals surface area contributed by atoms with Crippen LogP contribution in [0, 0.1) is 23.0 Å². The first-order valence-electron chi connectivity index (χ1n) is 14.5. The number of benzene rings is 3. The number of nitro groups is 1. The average Bonchev–Trinajstić information content (AvgIpc) is 3.63. The minimum Gasteiger partial charge on any atom is -0.306 e. The lowest BCUT2D eigenvalue weighted by molar-refractivity contribution is -0.384. The first-order valence-corrected chi connectivity index (χ1v) is 15.4. The molecule has 0 spiro atoms. The summed E-state index contributed by atoms with van der Waals surface area (Å²) >= 11 is 1.23. The summed E-state index contributed by atoms with van der Waals surface area (Å²) in [4.78, 5) is 45.7. The molecular formula is C33H31N7O4S. The zero-order chi connectivity index (χ0) is 31.8. The minimum atomic E-state index is -0.458. The van der Waals surface area contributed by atoms with Crippen molar-refractivity contribution in [1.82, 2.24) is 14.0 Å². The van der Waals surface area contributed by atoms with Crippen LogP contribution in [-0.4, -0.2) is 37.1 Å². The topological polar surface area (TPSA) is 120 Å². The van der Waals surface area contributed by atoms with E-state index in [1.54, 1.807) is 38.8 Å². The molecule has 12 heteroatoms. The molecule has 0 saturated heterocycles. The molecule has 0 N–H and O–H groups in total. The van der Waals surface area contributed by atoms with E-state index in [0.29, 0.717) is 45.5 Å². The minimum absolute atomic E-state index is 0.0804. The number of thiazole rings is 1. The molecular weight excluding hydrogens is 590 g/mol. The van der Waals surface area contributed by atoms with Crippen LogP contribution in [0.2, 0.25) is 0 Å². The van der Waals surface area contributed by atoms with Gasteiger partial charge >= 0.3 is 0 Å². The van der Waals surface area contributed by atoms with E-state index >= 15 is 0 Å². The lowest BCUT2D eigenvalue weighted by atomic mass is 10.1. The molecule has 0 saturated carbocycles. The van der Waals surface area contributed by atoms with Crippen LogP contribution >= 0.6 is 11.3 Å². The van der Waals surface area contributed by atoms with Gasteiger partial charge in [0.05, 0.1) is 27.7 Å². The van der Waals surface area contributed by atoms with Crippen LogP contribution in [0.5, 0.6) is 0 Å². The summed E-state index contributed by atoms with van der Waals surface area (Å²) < 4.78 is 4.80. The summed E-state index contributed by atoms with van der Waals surface area (Å²) in [5.74, 6) is 0.158. The zero-order valence-electron chi connectivity index (χ0n) is 25.2. The van der Waals surface area contributed by atoms with E-state index < -0.39 is 4.92 Å². The molecule has 228 valence electrons. The van der Waals surface area contributed by atoms with Gasteiger partial charge in [0.2, 0.25) is 4.80 Å². The summed E-state index contributed by atoms with van der Waals surface area (Å²) in [6.45, 7) is 6.57. The van der Waals surface area contributed by atoms with Gasteiger partial charge in [0, 0.05) is 42.2 Å². The van der Waals surface area contributed by atoms with Crippen molar-refractivity contribution in [3.63, 3.8) is 0 Å². The fourth-order valence-corrected chi connectivity index (χ4v) is 6.13. The maximum atomic E-state index is 13.9. The van der Waals surface area contributed by atoms with Crippen molar-refractivity contribution in [2.24, 2.45) is 23.1 Å². The van der Waals surface area contributed by atoms with E-state index in [4.69, 9.17) is 10.1 Å².